The average molecular weight is 390 g/mol. The SMILES string of the molecule is O=C(Oc1ccccc1)N1CCCN(CCOc2ccc3ccccc3c2)CC1. The van der Waals surface area contributed by atoms with E-state index in [2.05, 4.69) is 29.2 Å². The van der Waals surface area contributed by atoms with Crippen molar-refractivity contribution >= 4 is 16.9 Å². The van der Waals surface area contributed by atoms with Crippen LogP contribution in [0.15, 0.2) is 72.8 Å². The second-order valence-corrected chi connectivity index (χ2v) is 7.22. The molecule has 0 saturated carbocycles. The monoisotopic (exact) mass is 390 g/mol. The molecule has 1 saturated heterocycles. The van der Waals surface area contributed by atoms with Gasteiger partial charge in [0.05, 0.1) is 0 Å². The van der Waals surface area contributed by atoms with Gasteiger partial charge in [-0.15, -0.1) is 0 Å². The second kappa shape index (κ2) is 9.43. The van der Waals surface area contributed by atoms with Gasteiger partial charge in [0, 0.05) is 32.7 Å². The summed E-state index contributed by atoms with van der Waals surface area (Å²) in [5.41, 5.74) is 0. The zero-order valence-corrected chi connectivity index (χ0v) is 16.5. The van der Waals surface area contributed by atoms with Crippen LogP contribution in [0.3, 0.4) is 0 Å². The Kier molecular flexibility index (Phi) is 6.27. The van der Waals surface area contributed by atoms with E-state index in [1.165, 1.54) is 10.8 Å². The van der Waals surface area contributed by atoms with Crippen molar-refractivity contribution in [2.24, 2.45) is 0 Å². The standard InChI is InChI=1S/C24H26N2O3/c27-24(29-22-9-2-1-3-10-22)26-14-6-13-25(15-16-26)17-18-28-23-12-11-20-7-4-5-8-21(20)19-23/h1-5,7-12,19H,6,13-18H2. The van der Waals surface area contributed by atoms with E-state index < -0.39 is 0 Å². The molecule has 3 aromatic carbocycles. The topological polar surface area (TPSA) is 42.0 Å². The summed E-state index contributed by atoms with van der Waals surface area (Å²) < 4.78 is 11.4. The van der Waals surface area contributed by atoms with Gasteiger partial charge in [-0.25, -0.2) is 4.79 Å². The zero-order valence-electron chi connectivity index (χ0n) is 16.5. The third kappa shape index (κ3) is 5.27. The molecule has 5 nitrogen and oxygen atoms in total. The molecule has 0 atom stereocenters. The van der Waals surface area contributed by atoms with Crippen molar-refractivity contribution in [1.82, 2.24) is 9.80 Å². The number of nitrogens with zero attached hydrogens (tertiary/aromatic N) is 2. The number of ether oxygens (including phenoxy) is 2. The summed E-state index contributed by atoms with van der Waals surface area (Å²) >= 11 is 0. The van der Waals surface area contributed by atoms with Crippen LogP contribution in [0.1, 0.15) is 6.42 Å². The van der Waals surface area contributed by atoms with Gasteiger partial charge in [-0.05, 0) is 41.5 Å². The maximum atomic E-state index is 12.4. The normalized spacial score (nSPS) is 15.1. The fourth-order valence-corrected chi connectivity index (χ4v) is 3.58. The minimum Gasteiger partial charge on any atom is -0.492 e. The first-order valence-electron chi connectivity index (χ1n) is 10.1. The molecule has 0 aliphatic carbocycles. The number of rotatable bonds is 5. The second-order valence-electron chi connectivity index (χ2n) is 7.22. The highest BCUT2D eigenvalue weighted by Gasteiger charge is 2.20. The van der Waals surface area contributed by atoms with Gasteiger partial charge < -0.3 is 14.4 Å². The van der Waals surface area contributed by atoms with Crippen molar-refractivity contribution in [3.8, 4) is 11.5 Å². The highest BCUT2D eigenvalue weighted by molar-refractivity contribution is 5.83. The molecule has 4 rings (SSSR count). The Morgan fingerprint density at radius 1 is 0.793 bits per heavy atom. The first kappa shape index (κ1) is 19.3. The zero-order chi connectivity index (χ0) is 19.9. The third-order valence-electron chi connectivity index (χ3n) is 5.19. The van der Waals surface area contributed by atoms with Crippen LogP contribution < -0.4 is 9.47 Å². The number of fused-ring (bicyclic) bond motifs is 1. The van der Waals surface area contributed by atoms with Crippen LogP contribution in [0.2, 0.25) is 0 Å². The average Bonchev–Trinajstić information content (AvgIpc) is 3.00. The van der Waals surface area contributed by atoms with Crippen molar-refractivity contribution in [1.29, 1.82) is 0 Å². The maximum absolute atomic E-state index is 12.4. The van der Waals surface area contributed by atoms with Crippen molar-refractivity contribution in [2.45, 2.75) is 6.42 Å². The van der Waals surface area contributed by atoms with Crippen molar-refractivity contribution < 1.29 is 14.3 Å². The number of hydrogen-bond acceptors (Lipinski definition) is 4. The summed E-state index contributed by atoms with van der Waals surface area (Å²) in [7, 11) is 0. The van der Waals surface area contributed by atoms with Crippen LogP contribution in [0.4, 0.5) is 4.79 Å². The molecule has 150 valence electrons. The quantitative estimate of drug-likeness (QED) is 0.647. The van der Waals surface area contributed by atoms with Gasteiger partial charge >= 0.3 is 6.09 Å². The van der Waals surface area contributed by atoms with E-state index >= 15 is 0 Å². The largest absolute Gasteiger partial charge is 0.492 e. The predicted octanol–water partition coefficient (Wildman–Crippen LogP) is 4.43. The van der Waals surface area contributed by atoms with Gasteiger partial charge in [-0.2, -0.15) is 0 Å². The molecule has 5 heteroatoms. The molecular weight excluding hydrogens is 364 g/mol. The number of hydrogen-bond donors (Lipinski definition) is 0. The Hall–Kier alpha value is -3.05. The molecule has 1 amide bonds. The fraction of sp³-hybridized carbons (Fsp3) is 0.292. The maximum Gasteiger partial charge on any atom is 0.415 e. The lowest BCUT2D eigenvalue weighted by molar-refractivity contribution is 0.152. The lowest BCUT2D eigenvalue weighted by atomic mass is 10.1. The van der Waals surface area contributed by atoms with Crippen molar-refractivity contribution in [3.05, 3.63) is 72.8 Å². The molecule has 1 aliphatic rings. The smallest absolute Gasteiger partial charge is 0.415 e. The van der Waals surface area contributed by atoms with E-state index in [1.54, 1.807) is 17.0 Å². The molecule has 29 heavy (non-hydrogen) atoms. The van der Waals surface area contributed by atoms with Crippen LogP contribution in [0.5, 0.6) is 11.5 Å². The molecular formula is C24H26N2O3. The van der Waals surface area contributed by atoms with Crippen molar-refractivity contribution in [2.75, 3.05) is 39.3 Å². The Bertz CT molecular complexity index is 945. The fourth-order valence-electron chi connectivity index (χ4n) is 3.58. The molecule has 0 N–H and O–H groups in total. The van der Waals surface area contributed by atoms with E-state index in [4.69, 9.17) is 9.47 Å². The van der Waals surface area contributed by atoms with Crippen LogP contribution in [-0.4, -0.2) is 55.2 Å². The summed E-state index contributed by atoms with van der Waals surface area (Å²) in [6.07, 6.45) is 0.658. The molecule has 1 fully saturated rings. The number of carbonyl (C=O) groups is 1. The highest BCUT2D eigenvalue weighted by atomic mass is 16.6. The van der Waals surface area contributed by atoms with Gasteiger partial charge in [-0.3, -0.25) is 4.90 Å². The van der Waals surface area contributed by atoms with Gasteiger partial charge in [0.25, 0.3) is 0 Å². The Morgan fingerprint density at radius 3 is 2.45 bits per heavy atom. The number of benzene rings is 3. The number of carbonyl (C=O) groups excluding carboxylic acids is 1. The van der Waals surface area contributed by atoms with E-state index in [1.807, 2.05) is 36.4 Å². The minimum atomic E-state index is -0.273. The van der Waals surface area contributed by atoms with Crippen LogP contribution in [0, 0.1) is 0 Å². The van der Waals surface area contributed by atoms with Crippen LogP contribution in [0.25, 0.3) is 10.8 Å². The van der Waals surface area contributed by atoms with Crippen molar-refractivity contribution in [3.63, 3.8) is 0 Å². The van der Waals surface area contributed by atoms with E-state index in [0.717, 1.165) is 31.8 Å². The summed E-state index contributed by atoms with van der Waals surface area (Å²) in [6.45, 7) is 4.64. The van der Waals surface area contributed by atoms with E-state index in [0.29, 0.717) is 25.4 Å². The van der Waals surface area contributed by atoms with Gasteiger partial charge in [0.15, 0.2) is 0 Å². The van der Waals surface area contributed by atoms with Gasteiger partial charge in [0.2, 0.25) is 0 Å². The Morgan fingerprint density at radius 2 is 1.59 bits per heavy atom. The molecule has 1 heterocycles. The molecule has 0 radical (unpaired) electrons. The first-order chi connectivity index (χ1) is 14.3. The first-order valence-corrected chi connectivity index (χ1v) is 10.1. The van der Waals surface area contributed by atoms with Gasteiger partial charge in [0.1, 0.15) is 18.1 Å². The van der Waals surface area contributed by atoms with Gasteiger partial charge in [-0.1, -0.05) is 48.5 Å². The lowest BCUT2D eigenvalue weighted by Gasteiger charge is -2.21. The molecule has 0 bridgehead atoms. The summed E-state index contributed by atoms with van der Waals surface area (Å²) in [4.78, 5) is 16.5. The summed E-state index contributed by atoms with van der Waals surface area (Å²) in [5.74, 6) is 1.48. The van der Waals surface area contributed by atoms with Crippen LogP contribution in [-0.2, 0) is 0 Å². The lowest BCUT2D eigenvalue weighted by Crippen LogP contribution is -2.37. The molecule has 0 spiro atoms. The third-order valence-corrected chi connectivity index (χ3v) is 5.19. The Balaban J connectivity index is 1.23. The van der Waals surface area contributed by atoms with E-state index in [-0.39, 0.29) is 6.09 Å². The molecule has 0 aromatic heterocycles. The number of para-hydroxylation sites is 1. The highest BCUT2D eigenvalue weighted by Crippen LogP contribution is 2.20. The summed E-state index contributed by atoms with van der Waals surface area (Å²) in [5, 5.41) is 2.40. The summed E-state index contributed by atoms with van der Waals surface area (Å²) in [6, 6.07) is 23.7. The van der Waals surface area contributed by atoms with E-state index in [9.17, 15) is 4.79 Å². The molecule has 0 unspecified atom stereocenters. The predicted molar refractivity (Wildman–Crippen MR) is 115 cm³/mol. The molecule has 3 aromatic rings. The van der Waals surface area contributed by atoms with Crippen LogP contribution >= 0.6 is 0 Å². The molecule has 1 aliphatic heterocycles. The minimum absolute atomic E-state index is 0.273. The Labute approximate surface area is 171 Å². The number of amides is 1.